The topological polar surface area (TPSA) is 75.0 Å². The Labute approximate surface area is 132 Å². The largest absolute Gasteiger partial charge is 0.289 e. The van der Waals surface area contributed by atoms with E-state index in [1.807, 2.05) is 6.07 Å². The first-order valence-electron chi connectivity index (χ1n) is 6.98. The Hall–Kier alpha value is -3.32. The van der Waals surface area contributed by atoms with Crippen LogP contribution in [-0.2, 0) is 0 Å². The molecule has 0 saturated heterocycles. The molecule has 0 aromatic heterocycles. The quantitative estimate of drug-likeness (QED) is 0.631. The van der Waals surface area contributed by atoms with Gasteiger partial charge in [-0.05, 0) is 31.2 Å². The molecule has 0 bridgehead atoms. The smallest absolute Gasteiger partial charge is 0.198 e. The number of fused-ring (bicyclic) bond motifs is 1. The predicted molar refractivity (Wildman–Crippen MR) is 83.3 cm³/mol. The predicted octanol–water partition coefficient (Wildman–Crippen LogP) is 3.14. The Morgan fingerprint density at radius 1 is 0.913 bits per heavy atom. The molecule has 0 atom stereocenters. The molecule has 0 amide bonds. The molecule has 3 rings (SSSR count). The zero-order valence-electron chi connectivity index (χ0n) is 12.3. The lowest BCUT2D eigenvalue weighted by Crippen LogP contribution is -2.25. The van der Waals surface area contributed by atoms with E-state index in [1.54, 1.807) is 24.3 Å². The Bertz CT molecular complexity index is 928. The summed E-state index contributed by atoms with van der Waals surface area (Å²) in [6, 6.07) is 14.4. The maximum Gasteiger partial charge on any atom is 0.198 e. The Kier molecular flexibility index (Phi) is 3.47. The zero-order chi connectivity index (χ0) is 16.6. The molecule has 0 unspecified atom stereocenters. The molecule has 0 N–H and O–H groups in total. The highest BCUT2D eigenvalue weighted by atomic mass is 16.2. The first kappa shape index (κ1) is 14.6. The minimum Gasteiger partial charge on any atom is -0.289 e. The molecule has 0 aliphatic heterocycles. The summed E-state index contributed by atoms with van der Waals surface area (Å²) in [6.45, 7) is 1.49. The lowest BCUT2D eigenvalue weighted by Gasteiger charge is -2.18. The third-order valence-electron chi connectivity index (χ3n) is 3.86. The average molecular weight is 301 g/mol. The number of rotatable bonds is 2. The summed E-state index contributed by atoms with van der Waals surface area (Å²) in [7, 11) is 0. The lowest BCUT2D eigenvalue weighted by atomic mass is 9.81. The molecule has 1 aliphatic carbocycles. The molecule has 4 nitrogen and oxygen atoms in total. The Morgan fingerprint density at radius 3 is 2.04 bits per heavy atom. The van der Waals surface area contributed by atoms with Gasteiger partial charge in [-0.2, -0.15) is 5.26 Å². The number of carbonyl (C=O) groups is 3. The summed E-state index contributed by atoms with van der Waals surface area (Å²) in [4.78, 5) is 37.7. The maximum absolute atomic E-state index is 12.7. The van der Waals surface area contributed by atoms with Crippen molar-refractivity contribution in [3.63, 3.8) is 0 Å². The number of nitriles is 1. The maximum atomic E-state index is 12.7. The third-order valence-corrected chi connectivity index (χ3v) is 3.86. The monoisotopic (exact) mass is 301 g/mol. The fraction of sp³-hybridized carbons (Fsp3) is 0.0526. The van der Waals surface area contributed by atoms with Crippen molar-refractivity contribution in [3.05, 3.63) is 81.9 Å². The van der Waals surface area contributed by atoms with Gasteiger partial charge in [-0.3, -0.25) is 14.4 Å². The van der Waals surface area contributed by atoms with Crippen LogP contribution in [0.4, 0.5) is 0 Å². The van der Waals surface area contributed by atoms with Gasteiger partial charge in [0.05, 0.1) is 17.2 Å². The summed E-state index contributed by atoms with van der Waals surface area (Å²) < 4.78 is 0. The van der Waals surface area contributed by atoms with Crippen molar-refractivity contribution in [2.45, 2.75) is 6.92 Å². The molecular formula is C19H11NO3. The van der Waals surface area contributed by atoms with Crippen molar-refractivity contribution >= 4 is 17.3 Å². The van der Waals surface area contributed by atoms with Gasteiger partial charge in [0.15, 0.2) is 17.3 Å². The van der Waals surface area contributed by atoms with Crippen LogP contribution in [0, 0.1) is 11.3 Å². The van der Waals surface area contributed by atoms with E-state index in [2.05, 4.69) is 0 Å². The number of benzene rings is 2. The van der Waals surface area contributed by atoms with Gasteiger partial charge >= 0.3 is 0 Å². The van der Waals surface area contributed by atoms with Gasteiger partial charge in [-0.25, -0.2) is 0 Å². The van der Waals surface area contributed by atoms with Gasteiger partial charge in [-0.1, -0.05) is 24.3 Å². The van der Waals surface area contributed by atoms with E-state index in [0.717, 1.165) is 0 Å². The molecule has 0 radical (unpaired) electrons. The van der Waals surface area contributed by atoms with Crippen LogP contribution in [0.25, 0.3) is 0 Å². The van der Waals surface area contributed by atoms with Crippen molar-refractivity contribution in [3.8, 4) is 6.07 Å². The molecule has 0 spiro atoms. The van der Waals surface area contributed by atoms with E-state index in [-0.39, 0.29) is 28.1 Å². The first-order valence-corrected chi connectivity index (χ1v) is 6.98. The number of hydrogen-bond acceptors (Lipinski definition) is 4. The molecule has 0 fully saturated rings. The first-order chi connectivity index (χ1) is 11.0. The molecule has 1 aliphatic rings. The van der Waals surface area contributed by atoms with Gasteiger partial charge in [0, 0.05) is 22.3 Å². The lowest BCUT2D eigenvalue weighted by molar-refractivity contribution is 0.0927. The van der Waals surface area contributed by atoms with Gasteiger partial charge in [0.2, 0.25) is 0 Å². The zero-order valence-corrected chi connectivity index (χ0v) is 12.3. The molecule has 110 valence electrons. The Morgan fingerprint density at radius 2 is 1.48 bits per heavy atom. The summed E-state index contributed by atoms with van der Waals surface area (Å²) in [5.74, 6) is -1.25. The van der Waals surface area contributed by atoms with Crippen LogP contribution in [0.15, 0.2) is 59.7 Å². The fourth-order valence-electron chi connectivity index (χ4n) is 2.61. The highest BCUT2D eigenvalue weighted by Gasteiger charge is 2.33. The van der Waals surface area contributed by atoms with Crippen molar-refractivity contribution in [1.82, 2.24) is 0 Å². The normalized spacial score (nSPS) is 13.6. The van der Waals surface area contributed by atoms with Gasteiger partial charge in [0.25, 0.3) is 0 Å². The highest BCUT2D eigenvalue weighted by Crippen LogP contribution is 2.28. The van der Waals surface area contributed by atoms with Crippen LogP contribution in [0.1, 0.15) is 43.6 Å². The second-order valence-electron chi connectivity index (χ2n) is 5.22. The summed E-state index contributed by atoms with van der Waals surface area (Å²) in [5.41, 5.74) is 1.33. The van der Waals surface area contributed by atoms with Crippen LogP contribution in [0.3, 0.4) is 0 Å². The van der Waals surface area contributed by atoms with Gasteiger partial charge < -0.3 is 0 Å². The van der Waals surface area contributed by atoms with E-state index in [9.17, 15) is 14.4 Å². The van der Waals surface area contributed by atoms with Crippen LogP contribution in [0.5, 0.6) is 0 Å². The minimum absolute atomic E-state index is 0.0987. The van der Waals surface area contributed by atoms with Crippen LogP contribution >= 0.6 is 0 Å². The van der Waals surface area contributed by atoms with Gasteiger partial charge in [-0.15, -0.1) is 0 Å². The standard InChI is InChI=1S/C19H11NO3/c1-11-16(18(22)13-8-6-12(10-20)7-9-13)19(23)15-5-3-2-4-14(15)17(11)21/h2-9H,1H3. The van der Waals surface area contributed by atoms with Crippen molar-refractivity contribution in [2.24, 2.45) is 0 Å². The number of carbonyl (C=O) groups excluding carboxylic acids is 3. The molecule has 2 aromatic rings. The number of nitrogens with zero attached hydrogens (tertiary/aromatic N) is 1. The van der Waals surface area contributed by atoms with Crippen molar-refractivity contribution in [1.29, 1.82) is 5.26 Å². The molecule has 0 saturated carbocycles. The van der Waals surface area contributed by atoms with Crippen LogP contribution in [-0.4, -0.2) is 17.3 Å². The summed E-state index contributed by atoms with van der Waals surface area (Å²) in [5, 5.41) is 8.80. The average Bonchev–Trinajstić information content (AvgIpc) is 2.60. The number of allylic oxidation sites excluding steroid dienone is 2. The van der Waals surface area contributed by atoms with E-state index in [4.69, 9.17) is 5.26 Å². The number of hydrogen-bond donors (Lipinski definition) is 0. The number of Topliss-reactive ketones (excluding diaryl/α,β-unsaturated/α-hetero) is 3. The fourth-order valence-corrected chi connectivity index (χ4v) is 2.61. The van der Waals surface area contributed by atoms with Crippen molar-refractivity contribution < 1.29 is 14.4 Å². The third kappa shape index (κ3) is 2.29. The minimum atomic E-state index is -0.500. The highest BCUT2D eigenvalue weighted by molar-refractivity contribution is 6.39. The number of ketones is 3. The molecule has 2 aromatic carbocycles. The molecule has 23 heavy (non-hydrogen) atoms. The summed E-state index contributed by atoms with van der Waals surface area (Å²) >= 11 is 0. The molecule has 0 heterocycles. The second kappa shape index (κ2) is 5.47. The Balaban J connectivity index is 2.10. The van der Waals surface area contributed by atoms with Crippen molar-refractivity contribution in [2.75, 3.05) is 0 Å². The molecular weight excluding hydrogens is 290 g/mol. The second-order valence-corrected chi connectivity index (χ2v) is 5.22. The van der Waals surface area contributed by atoms with E-state index < -0.39 is 11.6 Å². The SMILES string of the molecule is CC1=C(C(=O)c2ccc(C#N)cc2)C(=O)c2ccccc2C1=O. The van der Waals surface area contributed by atoms with Gasteiger partial charge in [0.1, 0.15) is 0 Å². The van der Waals surface area contributed by atoms with E-state index in [1.165, 1.54) is 31.2 Å². The van der Waals surface area contributed by atoms with E-state index in [0.29, 0.717) is 11.1 Å². The summed E-state index contributed by atoms with van der Waals surface area (Å²) in [6.07, 6.45) is 0. The molecule has 4 heteroatoms. The van der Waals surface area contributed by atoms with Crippen LogP contribution in [0.2, 0.25) is 0 Å². The van der Waals surface area contributed by atoms with E-state index >= 15 is 0 Å². The van der Waals surface area contributed by atoms with Crippen LogP contribution < -0.4 is 0 Å².